The van der Waals surface area contributed by atoms with Crippen molar-refractivity contribution in [1.82, 2.24) is 10.6 Å². The molecule has 3 heteroatoms. The minimum atomic E-state index is 0.296. The predicted octanol–water partition coefficient (Wildman–Crippen LogP) is 3.24. The van der Waals surface area contributed by atoms with E-state index >= 15 is 0 Å². The molecular formula is C17H32N2O. The van der Waals surface area contributed by atoms with Crippen LogP contribution in [-0.4, -0.2) is 25.0 Å². The van der Waals surface area contributed by atoms with Crippen LogP contribution in [0.1, 0.15) is 71.1 Å². The van der Waals surface area contributed by atoms with E-state index in [2.05, 4.69) is 17.6 Å². The Morgan fingerprint density at radius 1 is 1.00 bits per heavy atom. The van der Waals surface area contributed by atoms with Crippen LogP contribution in [0.4, 0.5) is 0 Å². The molecule has 2 rings (SSSR count). The maximum absolute atomic E-state index is 12.1. The van der Waals surface area contributed by atoms with Gasteiger partial charge in [-0.25, -0.2) is 0 Å². The van der Waals surface area contributed by atoms with E-state index in [-0.39, 0.29) is 0 Å². The van der Waals surface area contributed by atoms with Gasteiger partial charge in [-0.15, -0.1) is 0 Å². The molecule has 0 bridgehead atoms. The molecule has 1 amide bonds. The summed E-state index contributed by atoms with van der Waals surface area (Å²) < 4.78 is 0. The molecule has 2 fully saturated rings. The summed E-state index contributed by atoms with van der Waals surface area (Å²) in [6, 6.07) is 0.782. The third-order valence-electron chi connectivity index (χ3n) is 4.85. The van der Waals surface area contributed by atoms with Crippen LogP contribution in [0, 0.1) is 11.8 Å². The first-order valence-electron chi connectivity index (χ1n) is 8.80. The standard InChI is InChI=1S/C17H32N2O/c1-2-3-5-14-6-8-15(9-7-14)17(20)19-13-4-12-18-16-10-11-16/h14-16,18H,2-13H2,1H3,(H,19,20). The van der Waals surface area contributed by atoms with Crippen LogP contribution in [0.2, 0.25) is 0 Å². The first-order valence-corrected chi connectivity index (χ1v) is 8.80. The number of nitrogens with one attached hydrogen (secondary N) is 2. The highest BCUT2D eigenvalue weighted by Crippen LogP contribution is 2.31. The fourth-order valence-corrected chi connectivity index (χ4v) is 3.24. The highest BCUT2D eigenvalue weighted by atomic mass is 16.1. The van der Waals surface area contributed by atoms with Gasteiger partial charge in [0.05, 0.1) is 0 Å². The van der Waals surface area contributed by atoms with Gasteiger partial charge in [0.2, 0.25) is 5.91 Å². The number of unbranched alkanes of at least 4 members (excludes halogenated alkanes) is 1. The zero-order valence-corrected chi connectivity index (χ0v) is 13.1. The Bertz CT molecular complexity index is 281. The normalized spacial score (nSPS) is 26.4. The van der Waals surface area contributed by atoms with Crippen molar-refractivity contribution >= 4 is 5.91 Å². The molecule has 2 aliphatic rings. The van der Waals surface area contributed by atoms with E-state index in [9.17, 15) is 4.79 Å². The Balaban J connectivity index is 1.50. The summed E-state index contributed by atoms with van der Waals surface area (Å²) in [6.45, 7) is 4.15. The van der Waals surface area contributed by atoms with Gasteiger partial charge in [0, 0.05) is 18.5 Å². The second-order valence-electron chi connectivity index (χ2n) is 6.73. The van der Waals surface area contributed by atoms with Gasteiger partial charge in [0.25, 0.3) is 0 Å². The molecule has 2 N–H and O–H groups in total. The molecule has 0 saturated heterocycles. The summed E-state index contributed by atoms with van der Waals surface area (Å²) in [5.74, 6) is 1.50. The SMILES string of the molecule is CCCCC1CCC(C(=O)NCCCNC2CC2)CC1. The number of amides is 1. The van der Waals surface area contributed by atoms with E-state index in [0.717, 1.165) is 44.3 Å². The summed E-state index contributed by atoms with van der Waals surface area (Å²) >= 11 is 0. The largest absolute Gasteiger partial charge is 0.356 e. The van der Waals surface area contributed by atoms with Crippen LogP contribution in [0.15, 0.2) is 0 Å². The van der Waals surface area contributed by atoms with Gasteiger partial charge in [-0.1, -0.05) is 26.2 Å². The summed E-state index contributed by atoms with van der Waals surface area (Å²) in [4.78, 5) is 12.1. The lowest BCUT2D eigenvalue weighted by Crippen LogP contribution is -2.34. The molecule has 0 spiro atoms. The molecule has 2 saturated carbocycles. The zero-order chi connectivity index (χ0) is 14.2. The minimum Gasteiger partial charge on any atom is -0.356 e. The van der Waals surface area contributed by atoms with Crippen molar-refractivity contribution in [3.8, 4) is 0 Å². The topological polar surface area (TPSA) is 41.1 Å². The molecule has 0 aromatic heterocycles. The molecule has 0 radical (unpaired) electrons. The van der Waals surface area contributed by atoms with E-state index in [1.807, 2.05) is 0 Å². The summed E-state index contributed by atoms with van der Waals surface area (Å²) in [7, 11) is 0. The lowest BCUT2D eigenvalue weighted by Gasteiger charge is -2.27. The van der Waals surface area contributed by atoms with E-state index in [0.29, 0.717) is 11.8 Å². The molecule has 0 aromatic carbocycles. The summed E-state index contributed by atoms with van der Waals surface area (Å²) in [5.41, 5.74) is 0. The van der Waals surface area contributed by atoms with Crippen molar-refractivity contribution in [2.24, 2.45) is 11.8 Å². The minimum absolute atomic E-state index is 0.296. The van der Waals surface area contributed by atoms with E-state index in [1.165, 1.54) is 44.9 Å². The van der Waals surface area contributed by atoms with Gasteiger partial charge in [0.15, 0.2) is 0 Å². The van der Waals surface area contributed by atoms with Gasteiger partial charge in [-0.05, 0) is 57.4 Å². The second kappa shape index (κ2) is 8.66. The molecule has 2 aliphatic carbocycles. The van der Waals surface area contributed by atoms with Gasteiger partial charge < -0.3 is 10.6 Å². The Kier molecular flexibility index (Phi) is 6.85. The number of hydrogen-bond donors (Lipinski definition) is 2. The van der Waals surface area contributed by atoms with Gasteiger partial charge in [-0.3, -0.25) is 4.79 Å². The van der Waals surface area contributed by atoms with E-state index < -0.39 is 0 Å². The molecule has 20 heavy (non-hydrogen) atoms. The smallest absolute Gasteiger partial charge is 0.223 e. The molecule has 3 nitrogen and oxygen atoms in total. The molecule has 0 unspecified atom stereocenters. The summed E-state index contributed by atoms with van der Waals surface area (Å²) in [5, 5.41) is 6.61. The number of hydrogen-bond acceptors (Lipinski definition) is 2. The van der Waals surface area contributed by atoms with Gasteiger partial charge >= 0.3 is 0 Å². The lowest BCUT2D eigenvalue weighted by molar-refractivity contribution is -0.126. The molecule has 0 aliphatic heterocycles. The monoisotopic (exact) mass is 280 g/mol. The lowest BCUT2D eigenvalue weighted by atomic mass is 9.79. The van der Waals surface area contributed by atoms with Gasteiger partial charge in [-0.2, -0.15) is 0 Å². The maximum atomic E-state index is 12.1. The fourth-order valence-electron chi connectivity index (χ4n) is 3.24. The van der Waals surface area contributed by atoms with Crippen molar-refractivity contribution in [1.29, 1.82) is 0 Å². The number of rotatable bonds is 9. The third kappa shape index (κ3) is 5.82. The maximum Gasteiger partial charge on any atom is 0.223 e. The fraction of sp³-hybridized carbons (Fsp3) is 0.941. The Labute approximate surface area is 124 Å². The first kappa shape index (κ1) is 15.8. The Hall–Kier alpha value is -0.570. The van der Waals surface area contributed by atoms with Crippen molar-refractivity contribution in [2.75, 3.05) is 13.1 Å². The van der Waals surface area contributed by atoms with E-state index in [4.69, 9.17) is 0 Å². The predicted molar refractivity (Wildman–Crippen MR) is 83.6 cm³/mol. The zero-order valence-electron chi connectivity index (χ0n) is 13.1. The second-order valence-corrected chi connectivity index (χ2v) is 6.73. The molecule has 116 valence electrons. The average Bonchev–Trinajstić information content (AvgIpc) is 3.29. The van der Waals surface area contributed by atoms with Crippen LogP contribution in [0.5, 0.6) is 0 Å². The molecule has 0 atom stereocenters. The highest BCUT2D eigenvalue weighted by molar-refractivity contribution is 5.78. The summed E-state index contributed by atoms with van der Waals surface area (Å²) in [6.07, 6.45) is 12.5. The number of carbonyl (C=O) groups excluding carboxylic acids is 1. The van der Waals surface area contributed by atoms with E-state index in [1.54, 1.807) is 0 Å². The van der Waals surface area contributed by atoms with Crippen molar-refractivity contribution in [2.45, 2.75) is 77.2 Å². The van der Waals surface area contributed by atoms with Crippen LogP contribution < -0.4 is 10.6 Å². The van der Waals surface area contributed by atoms with Crippen LogP contribution in [0.25, 0.3) is 0 Å². The molecular weight excluding hydrogens is 248 g/mol. The highest BCUT2D eigenvalue weighted by Gasteiger charge is 2.25. The first-order chi connectivity index (χ1) is 9.79. The Morgan fingerprint density at radius 2 is 1.75 bits per heavy atom. The van der Waals surface area contributed by atoms with Crippen LogP contribution >= 0.6 is 0 Å². The third-order valence-corrected chi connectivity index (χ3v) is 4.85. The number of carbonyl (C=O) groups is 1. The average molecular weight is 280 g/mol. The Morgan fingerprint density at radius 3 is 2.40 bits per heavy atom. The molecule has 0 heterocycles. The molecule has 0 aromatic rings. The van der Waals surface area contributed by atoms with Gasteiger partial charge in [0.1, 0.15) is 0 Å². The van der Waals surface area contributed by atoms with Crippen molar-refractivity contribution in [3.05, 3.63) is 0 Å². The van der Waals surface area contributed by atoms with Crippen LogP contribution in [-0.2, 0) is 4.79 Å². The van der Waals surface area contributed by atoms with Crippen molar-refractivity contribution in [3.63, 3.8) is 0 Å². The van der Waals surface area contributed by atoms with Crippen LogP contribution in [0.3, 0.4) is 0 Å². The van der Waals surface area contributed by atoms with Crippen molar-refractivity contribution < 1.29 is 4.79 Å². The quantitative estimate of drug-likeness (QED) is 0.637.